The first-order chi connectivity index (χ1) is 9.60. The highest BCUT2D eigenvalue weighted by molar-refractivity contribution is 5.81. The second-order valence-corrected chi connectivity index (χ2v) is 5.26. The monoisotopic (exact) mass is 277 g/mol. The predicted octanol–water partition coefficient (Wildman–Crippen LogP) is 1.45. The van der Waals surface area contributed by atoms with Crippen molar-refractivity contribution in [2.75, 3.05) is 25.5 Å². The Balaban J connectivity index is 1.86. The Labute approximate surface area is 120 Å². The van der Waals surface area contributed by atoms with Crippen LogP contribution in [0.15, 0.2) is 24.3 Å². The summed E-state index contributed by atoms with van der Waals surface area (Å²) in [6, 6.07) is 7.89. The number of ether oxygens (including phenoxy) is 1. The zero-order chi connectivity index (χ0) is 14.5. The summed E-state index contributed by atoms with van der Waals surface area (Å²) in [5.41, 5.74) is 6.69. The molecule has 0 bridgehead atoms. The number of likely N-dealkylation sites (tertiary alicyclic amines) is 1. The smallest absolute Gasteiger partial charge is 0.239 e. The van der Waals surface area contributed by atoms with Gasteiger partial charge in [0.1, 0.15) is 5.75 Å². The number of carbonyl (C=O) groups is 1. The quantitative estimate of drug-likeness (QED) is 0.874. The third-order valence-corrected chi connectivity index (χ3v) is 3.64. The SMILES string of the molecule is COc1cccc(NC2CCN(C(=O)[C@@H](C)N)CC2)c1. The number of piperidine rings is 1. The van der Waals surface area contributed by atoms with E-state index in [4.69, 9.17) is 10.5 Å². The molecule has 0 aromatic heterocycles. The first-order valence-electron chi connectivity index (χ1n) is 7.05. The van der Waals surface area contributed by atoms with Gasteiger partial charge in [-0.15, -0.1) is 0 Å². The molecule has 0 aliphatic carbocycles. The van der Waals surface area contributed by atoms with E-state index in [9.17, 15) is 4.79 Å². The van der Waals surface area contributed by atoms with Crippen LogP contribution in [0.3, 0.4) is 0 Å². The van der Waals surface area contributed by atoms with E-state index in [1.54, 1.807) is 14.0 Å². The third kappa shape index (κ3) is 3.63. The number of nitrogens with zero attached hydrogens (tertiary/aromatic N) is 1. The van der Waals surface area contributed by atoms with Crippen molar-refractivity contribution in [2.24, 2.45) is 5.73 Å². The Kier molecular flexibility index (Phi) is 4.84. The van der Waals surface area contributed by atoms with Crippen LogP contribution < -0.4 is 15.8 Å². The Hall–Kier alpha value is -1.75. The molecule has 0 saturated carbocycles. The van der Waals surface area contributed by atoms with Crippen molar-refractivity contribution in [3.8, 4) is 5.75 Å². The Morgan fingerprint density at radius 2 is 2.15 bits per heavy atom. The van der Waals surface area contributed by atoms with Crippen molar-refractivity contribution in [1.82, 2.24) is 4.90 Å². The van der Waals surface area contributed by atoms with Gasteiger partial charge in [-0.1, -0.05) is 6.07 Å². The molecule has 1 heterocycles. The fourth-order valence-corrected chi connectivity index (χ4v) is 2.48. The summed E-state index contributed by atoms with van der Waals surface area (Å²) in [5.74, 6) is 0.893. The first-order valence-corrected chi connectivity index (χ1v) is 7.05. The van der Waals surface area contributed by atoms with Crippen LogP contribution in [-0.2, 0) is 4.79 Å². The maximum absolute atomic E-state index is 11.8. The zero-order valence-electron chi connectivity index (χ0n) is 12.1. The number of nitrogens with one attached hydrogen (secondary N) is 1. The lowest BCUT2D eigenvalue weighted by atomic mass is 10.0. The van der Waals surface area contributed by atoms with Crippen LogP contribution in [0, 0.1) is 0 Å². The fourth-order valence-electron chi connectivity index (χ4n) is 2.48. The number of carbonyl (C=O) groups excluding carboxylic acids is 1. The topological polar surface area (TPSA) is 67.6 Å². The van der Waals surface area contributed by atoms with E-state index in [2.05, 4.69) is 5.32 Å². The van der Waals surface area contributed by atoms with Gasteiger partial charge in [0.25, 0.3) is 0 Å². The summed E-state index contributed by atoms with van der Waals surface area (Å²) in [7, 11) is 1.66. The number of anilines is 1. The van der Waals surface area contributed by atoms with Gasteiger partial charge in [0, 0.05) is 30.9 Å². The van der Waals surface area contributed by atoms with E-state index < -0.39 is 6.04 Å². The molecule has 0 radical (unpaired) electrons. The van der Waals surface area contributed by atoms with Gasteiger partial charge in [-0.3, -0.25) is 4.79 Å². The van der Waals surface area contributed by atoms with Crippen LogP contribution in [0.4, 0.5) is 5.69 Å². The van der Waals surface area contributed by atoms with Gasteiger partial charge >= 0.3 is 0 Å². The normalized spacial score (nSPS) is 17.6. The molecule has 1 aromatic rings. The summed E-state index contributed by atoms with van der Waals surface area (Å²) in [6.45, 7) is 3.27. The number of benzene rings is 1. The number of amides is 1. The molecule has 2 rings (SSSR count). The van der Waals surface area contributed by atoms with Crippen LogP contribution in [0.2, 0.25) is 0 Å². The summed E-state index contributed by atoms with van der Waals surface area (Å²) in [6.07, 6.45) is 1.88. The molecular weight excluding hydrogens is 254 g/mol. The Morgan fingerprint density at radius 3 is 2.75 bits per heavy atom. The van der Waals surface area contributed by atoms with Crippen molar-refractivity contribution < 1.29 is 9.53 Å². The zero-order valence-corrected chi connectivity index (χ0v) is 12.1. The lowest BCUT2D eigenvalue weighted by molar-refractivity contribution is -0.133. The highest BCUT2D eigenvalue weighted by atomic mass is 16.5. The molecule has 0 spiro atoms. The minimum absolute atomic E-state index is 0.0461. The highest BCUT2D eigenvalue weighted by Gasteiger charge is 2.24. The molecule has 1 atom stereocenters. The van der Waals surface area contributed by atoms with Crippen LogP contribution >= 0.6 is 0 Å². The molecule has 1 aliphatic heterocycles. The number of methoxy groups -OCH3 is 1. The maximum Gasteiger partial charge on any atom is 0.239 e. The molecule has 1 fully saturated rings. The highest BCUT2D eigenvalue weighted by Crippen LogP contribution is 2.21. The van der Waals surface area contributed by atoms with E-state index in [1.807, 2.05) is 29.2 Å². The van der Waals surface area contributed by atoms with Crippen molar-refractivity contribution in [1.29, 1.82) is 0 Å². The molecule has 5 nitrogen and oxygen atoms in total. The van der Waals surface area contributed by atoms with Gasteiger partial charge in [0.15, 0.2) is 0 Å². The predicted molar refractivity (Wildman–Crippen MR) is 79.9 cm³/mol. The molecule has 1 aromatic carbocycles. The van der Waals surface area contributed by atoms with Crippen molar-refractivity contribution in [3.63, 3.8) is 0 Å². The molecule has 0 unspecified atom stereocenters. The molecule has 1 amide bonds. The van der Waals surface area contributed by atoms with Crippen LogP contribution in [0.5, 0.6) is 5.75 Å². The van der Waals surface area contributed by atoms with Gasteiger partial charge in [0.05, 0.1) is 13.2 Å². The number of hydrogen-bond acceptors (Lipinski definition) is 4. The van der Waals surface area contributed by atoms with E-state index in [-0.39, 0.29) is 5.91 Å². The summed E-state index contributed by atoms with van der Waals surface area (Å²) in [4.78, 5) is 13.7. The minimum atomic E-state index is -0.405. The standard InChI is InChI=1S/C15H23N3O2/c1-11(16)15(19)18-8-6-12(7-9-18)17-13-4-3-5-14(10-13)20-2/h3-5,10-12,17H,6-9,16H2,1-2H3/t11-/m1/s1. The van der Waals surface area contributed by atoms with Gasteiger partial charge < -0.3 is 20.7 Å². The number of hydrogen-bond donors (Lipinski definition) is 2. The lowest BCUT2D eigenvalue weighted by Gasteiger charge is -2.33. The molecular formula is C15H23N3O2. The molecule has 110 valence electrons. The second kappa shape index (κ2) is 6.61. The van der Waals surface area contributed by atoms with E-state index >= 15 is 0 Å². The van der Waals surface area contributed by atoms with E-state index in [1.165, 1.54) is 0 Å². The third-order valence-electron chi connectivity index (χ3n) is 3.64. The first kappa shape index (κ1) is 14.7. The van der Waals surface area contributed by atoms with Gasteiger partial charge in [-0.05, 0) is 31.9 Å². The summed E-state index contributed by atoms with van der Waals surface area (Å²) >= 11 is 0. The van der Waals surface area contributed by atoms with Crippen molar-refractivity contribution >= 4 is 11.6 Å². The molecule has 5 heteroatoms. The molecule has 1 aliphatic rings. The van der Waals surface area contributed by atoms with Gasteiger partial charge in [-0.2, -0.15) is 0 Å². The van der Waals surface area contributed by atoms with Crippen LogP contribution in [-0.4, -0.2) is 43.1 Å². The van der Waals surface area contributed by atoms with Crippen LogP contribution in [0.1, 0.15) is 19.8 Å². The fraction of sp³-hybridized carbons (Fsp3) is 0.533. The number of nitrogens with two attached hydrogens (primary N) is 1. The molecule has 3 N–H and O–H groups in total. The average Bonchev–Trinajstić information content (AvgIpc) is 2.47. The van der Waals surface area contributed by atoms with Gasteiger partial charge in [-0.25, -0.2) is 0 Å². The van der Waals surface area contributed by atoms with Gasteiger partial charge in [0.2, 0.25) is 5.91 Å². The maximum atomic E-state index is 11.8. The Morgan fingerprint density at radius 1 is 1.45 bits per heavy atom. The molecule has 1 saturated heterocycles. The lowest BCUT2D eigenvalue weighted by Crippen LogP contribution is -2.48. The average molecular weight is 277 g/mol. The van der Waals surface area contributed by atoms with E-state index in [0.29, 0.717) is 6.04 Å². The summed E-state index contributed by atoms with van der Waals surface area (Å²) in [5, 5.41) is 3.50. The second-order valence-electron chi connectivity index (χ2n) is 5.26. The van der Waals surface area contributed by atoms with Crippen LogP contribution in [0.25, 0.3) is 0 Å². The summed E-state index contributed by atoms with van der Waals surface area (Å²) < 4.78 is 5.21. The van der Waals surface area contributed by atoms with Crippen molar-refractivity contribution in [3.05, 3.63) is 24.3 Å². The molecule has 20 heavy (non-hydrogen) atoms. The van der Waals surface area contributed by atoms with E-state index in [0.717, 1.165) is 37.4 Å². The Bertz CT molecular complexity index is 454. The largest absolute Gasteiger partial charge is 0.497 e. The minimum Gasteiger partial charge on any atom is -0.497 e. The number of rotatable bonds is 4. The van der Waals surface area contributed by atoms with Crippen molar-refractivity contribution in [2.45, 2.75) is 31.8 Å².